The van der Waals surface area contributed by atoms with E-state index in [-0.39, 0.29) is 29.0 Å². The highest BCUT2D eigenvalue weighted by Gasteiger charge is 2.28. The molecule has 0 aliphatic rings. The molecule has 0 aliphatic heterocycles. The van der Waals surface area contributed by atoms with Gasteiger partial charge in [0.25, 0.3) is 0 Å². The molecule has 1 aromatic rings. The molecule has 1 rings (SSSR count). The minimum atomic E-state index is -4.36. The molecule has 0 fully saturated rings. The van der Waals surface area contributed by atoms with Crippen LogP contribution in [0, 0.1) is 0 Å². The fraction of sp³-hybridized carbons (Fsp3) is 0.455. The van der Waals surface area contributed by atoms with E-state index in [0.29, 0.717) is 11.0 Å². The lowest BCUT2D eigenvalue weighted by Gasteiger charge is -2.11. The first kappa shape index (κ1) is 18.8. The number of nitrogens with one attached hydrogen (secondary N) is 2. The summed E-state index contributed by atoms with van der Waals surface area (Å²) in [6.07, 6.45) is 0. The molecule has 0 amide bonds. The van der Waals surface area contributed by atoms with Gasteiger partial charge in [0, 0.05) is 23.3 Å². The van der Waals surface area contributed by atoms with E-state index in [2.05, 4.69) is 26.0 Å². The maximum Gasteiger partial charge on any atom is 0.441 e. The van der Waals surface area contributed by atoms with Crippen LogP contribution in [0.1, 0.15) is 5.56 Å². The Kier molecular flexibility index (Phi) is 6.98. The van der Waals surface area contributed by atoms with Gasteiger partial charge in [-0.15, -0.1) is 0 Å². The number of hydrogen-bond donors (Lipinski definition) is 2. The van der Waals surface area contributed by atoms with E-state index in [1.165, 1.54) is 6.07 Å². The van der Waals surface area contributed by atoms with Crippen molar-refractivity contribution in [3.8, 4) is 0 Å². The molecule has 0 bridgehead atoms. The molecule has 0 spiro atoms. The monoisotopic (exact) mass is 406 g/mol. The molecule has 0 aliphatic carbocycles. The second kappa shape index (κ2) is 7.82. The van der Waals surface area contributed by atoms with Crippen LogP contribution in [-0.4, -0.2) is 33.3 Å². The summed E-state index contributed by atoms with van der Waals surface area (Å²) in [5.41, 5.74) is -3.61. The van der Waals surface area contributed by atoms with Crippen molar-refractivity contribution in [2.45, 2.75) is 16.9 Å². The molecule has 0 unspecified atom stereocenters. The van der Waals surface area contributed by atoms with Gasteiger partial charge in [0.15, 0.2) is 0 Å². The van der Waals surface area contributed by atoms with Crippen LogP contribution in [0.4, 0.5) is 13.2 Å². The first-order valence-electron chi connectivity index (χ1n) is 5.79. The zero-order valence-electron chi connectivity index (χ0n) is 11.0. The van der Waals surface area contributed by atoms with Gasteiger partial charge in [-0.3, -0.25) is 0 Å². The van der Waals surface area contributed by atoms with Gasteiger partial charge in [-0.2, -0.15) is 13.2 Å². The smallest absolute Gasteiger partial charge is 0.316 e. The highest BCUT2D eigenvalue weighted by atomic mass is 79.9. The third kappa shape index (κ3) is 6.55. The Morgan fingerprint density at radius 2 is 2.00 bits per heavy atom. The summed E-state index contributed by atoms with van der Waals surface area (Å²) in [7, 11) is -2.13. The molecule has 1 aromatic carbocycles. The topological polar surface area (TPSA) is 58.2 Å². The van der Waals surface area contributed by atoms with Crippen LogP contribution in [0.3, 0.4) is 0 Å². The van der Waals surface area contributed by atoms with E-state index in [0.717, 1.165) is 5.56 Å². The van der Waals surface area contributed by atoms with Crippen molar-refractivity contribution in [1.82, 2.24) is 10.0 Å². The lowest BCUT2D eigenvalue weighted by molar-refractivity contribution is -0.0327. The van der Waals surface area contributed by atoms with Gasteiger partial charge in [0.2, 0.25) is 10.0 Å². The highest BCUT2D eigenvalue weighted by Crippen LogP contribution is 2.29. The summed E-state index contributed by atoms with van der Waals surface area (Å²) in [5.74, 6) is -0.378. The fourth-order valence-corrected chi connectivity index (χ4v) is 4.10. The van der Waals surface area contributed by atoms with Crippen LogP contribution in [0.25, 0.3) is 0 Å². The van der Waals surface area contributed by atoms with Crippen LogP contribution in [-0.2, 0) is 16.6 Å². The first-order chi connectivity index (χ1) is 9.65. The summed E-state index contributed by atoms with van der Waals surface area (Å²) < 4.78 is 62.6. The van der Waals surface area contributed by atoms with E-state index in [9.17, 15) is 21.6 Å². The molecule has 0 heterocycles. The van der Waals surface area contributed by atoms with Crippen molar-refractivity contribution in [2.24, 2.45) is 0 Å². The van der Waals surface area contributed by atoms with Gasteiger partial charge < -0.3 is 5.32 Å². The van der Waals surface area contributed by atoms with Crippen molar-refractivity contribution in [2.75, 3.05) is 19.3 Å². The van der Waals surface area contributed by atoms with Gasteiger partial charge in [0.05, 0.1) is 4.90 Å². The highest BCUT2D eigenvalue weighted by molar-refractivity contribution is 9.10. The summed E-state index contributed by atoms with van der Waals surface area (Å²) in [6, 6.07) is 4.81. The Bertz CT molecular complexity index is 579. The third-order valence-corrected chi connectivity index (χ3v) is 5.52. The number of rotatable bonds is 7. The molecular weight excluding hydrogens is 393 g/mol. The quantitative estimate of drug-likeness (QED) is 0.683. The Labute approximate surface area is 134 Å². The van der Waals surface area contributed by atoms with Gasteiger partial charge in [0.1, 0.15) is 0 Å². The van der Waals surface area contributed by atoms with E-state index in [1.807, 2.05) is 0 Å². The van der Waals surface area contributed by atoms with Crippen LogP contribution in [0.15, 0.2) is 27.6 Å². The molecule has 120 valence electrons. The van der Waals surface area contributed by atoms with Crippen LogP contribution in [0.5, 0.6) is 0 Å². The fourth-order valence-electron chi connectivity index (χ4n) is 1.49. The number of sulfonamides is 1. The minimum absolute atomic E-state index is 0.00672. The third-order valence-electron chi connectivity index (χ3n) is 2.33. The molecule has 0 atom stereocenters. The van der Waals surface area contributed by atoms with Gasteiger partial charge >= 0.3 is 5.51 Å². The summed E-state index contributed by atoms with van der Waals surface area (Å²) in [5, 5.41) is 2.89. The van der Waals surface area contributed by atoms with E-state index < -0.39 is 15.5 Å². The van der Waals surface area contributed by atoms with E-state index in [1.54, 1.807) is 19.2 Å². The minimum Gasteiger partial charge on any atom is -0.316 e. The summed E-state index contributed by atoms with van der Waals surface area (Å²) in [6.45, 7) is 0.189. The van der Waals surface area contributed by atoms with Crippen molar-refractivity contribution in [3.63, 3.8) is 0 Å². The molecule has 4 nitrogen and oxygen atoms in total. The summed E-state index contributed by atoms with van der Waals surface area (Å²) >= 11 is 2.87. The Balaban J connectivity index is 2.76. The number of thioether (sulfide) groups is 1. The van der Waals surface area contributed by atoms with Crippen molar-refractivity contribution in [3.05, 3.63) is 28.2 Å². The first-order valence-corrected chi connectivity index (χ1v) is 9.05. The second-order valence-corrected chi connectivity index (χ2v) is 7.74. The average Bonchev–Trinajstić information content (AvgIpc) is 2.36. The molecule has 0 saturated carbocycles. The number of benzene rings is 1. The molecule has 0 radical (unpaired) electrons. The molecule has 10 heteroatoms. The van der Waals surface area contributed by atoms with Crippen molar-refractivity contribution >= 4 is 37.7 Å². The largest absolute Gasteiger partial charge is 0.441 e. The average molecular weight is 407 g/mol. The molecule has 0 aromatic heterocycles. The van der Waals surface area contributed by atoms with Crippen LogP contribution < -0.4 is 10.0 Å². The van der Waals surface area contributed by atoms with E-state index in [4.69, 9.17) is 0 Å². The lowest BCUT2D eigenvalue weighted by atomic mass is 10.2. The predicted molar refractivity (Wildman–Crippen MR) is 80.6 cm³/mol. The van der Waals surface area contributed by atoms with Crippen molar-refractivity contribution < 1.29 is 21.6 Å². The zero-order chi connectivity index (χ0) is 16.1. The van der Waals surface area contributed by atoms with Crippen LogP contribution in [0.2, 0.25) is 0 Å². The van der Waals surface area contributed by atoms with E-state index >= 15 is 0 Å². The SMILES string of the molecule is CNCc1ccc(Br)c(S(=O)(=O)NCCSC(F)(F)F)c1. The standard InChI is InChI=1S/C11H14BrF3N2O2S2/c1-16-7-8-2-3-9(12)10(6-8)21(18,19)17-4-5-20-11(13,14)15/h2-3,6,16-17H,4-5,7H2,1H3. The number of hydrogen-bond acceptors (Lipinski definition) is 4. The van der Waals surface area contributed by atoms with Crippen molar-refractivity contribution in [1.29, 1.82) is 0 Å². The van der Waals surface area contributed by atoms with Crippen LogP contribution >= 0.6 is 27.7 Å². The Hall–Kier alpha value is -0.290. The molecule has 0 saturated heterocycles. The molecular formula is C11H14BrF3N2O2S2. The number of alkyl halides is 3. The molecule has 2 N–H and O–H groups in total. The summed E-state index contributed by atoms with van der Waals surface area (Å²) in [4.78, 5) is 0.00672. The maximum absolute atomic E-state index is 12.1. The Morgan fingerprint density at radius 1 is 1.33 bits per heavy atom. The Morgan fingerprint density at radius 3 is 2.57 bits per heavy atom. The van der Waals surface area contributed by atoms with Gasteiger partial charge in [-0.25, -0.2) is 13.1 Å². The normalized spacial score (nSPS) is 12.6. The zero-order valence-corrected chi connectivity index (χ0v) is 14.2. The van der Waals surface area contributed by atoms with Gasteiger partial charge in [-0.05, 0) is 52.4 Å². The maximum atomic E-state index is 12.1. The number of halogens is 4. The predicted octanol–water partition coefficient (Wildman–Crippen LogP) is 2.70. The second-order valence-electron chi connectivity index (χ2n) is 3.99. The lowest BCUT2D eigenvalue weighted by Crippen LogP contribution is -2.27. The molecule has 21 heavy (non-hydrogen) atoms. The van der Waals surface area contributed by atoms with Gasteiger partial charge in [-0.1, -0.05) is 6.07 Å².